The van der Waals surface area contributed by atoms with Gasteiger partial charge in [-0.1, -0.05) is 13.8 Å². The van der Waals surface area contributed by atoms with Crippen molar-refractivity contribution in [3.05, 3.63) is 0 Å². The molecule has 0 amide bonds. The van der Waals surface area contributed by atoms with Gasteiger partial charge in [0.25, 0.3) is 0 Å². The fraction of sp³-hybridized carbons (Fsp3) is 0.875. The summed E-state index contributed by atoms with van der Waals surface area (Å²) < 4.78 is 0. The van der Waals surface area contributed by atoms with Gasteiger partial charge in [0, 0.05) is 5.54 Å². The van der Waals surface area contributed by atoms with E-state index in [9.17, 15) is 0 Å². The van der Waals surface area contributed by atoms with E-state index in [1.165, 1.54) is 0 Å². The van der Waals surface area contributed by atoms with E-state index in [1.807, 2.05) is 19.9 Å². The maximum Gasteiger partial charge on any atom is 0.0845 e. The van der Waals surface area contributed by atoms with Crippen molar-refractivity contribution >= 4 is 0 Å². The second kappa shape index (κ2) is 5.11. The van der Waals surface area contributed by atoms with Crippen LogP contribution in [0.4, 0.5) is 0 Å². The lowest BCUT2D eigenvalue weighted by atomic mass is 9.94. The van der Waals surface area contributed by atoms with Crippen LogP contribution < -0.4 is 5.32 Å². The third-order valence-electron chi connectivity index (χ3n) is 2.20. The summed E-state index contributed by atoms with van der Waals surface area (Å²) in [5.74, 6) is 0. The maximum atomic E-state index is 9.03. The minimum atomic E-state index is -0.240. The number of hydrogen-bond acceptors (Lipinski definition) is 3. The number of nitrogens with zero attached hydrogens (tertiary/aromatic N) is 1. The highest BCUT2D eigenvalue weighted by Gasteiger charge is 2.23. The summed E-state index contributed by atoms with van der Waals surface area (Å²) >= 11 is 0. The number of rotatable bonds is 5. The molecule has 2 N–H and O–H groups in total. The van der Waals surface area contributed by atoms with Crippen molar-refractivity contribution in [1.82, 2.24) is 5.32 Å². The van der Waals surface area contributed by atoms with Crippen LogP contribution in [0.15, 0.2) is 0 Å². The highest BCUT2D eigenvalue weighted by Crippen LogP contribution is 2.12. The Bertz CT molecular complexity index is 127. The smallest absolute Gasteiger partial charge is 0.0845 e. The molecule has 0 aromatic heterocycles. The van der Waals surface area contributed by atoms with Crippen molar-refractivity contribution < 1.29 is 5.11 Å². The average molecular weight is 156 g/mol. The molecule has 3 nitrogen and oxygen atoms in total. The molecule has 0 saturated heterocycles. The Kier molecular flexibility index (Phi) is 4.84. The van der Waals surface area contributed by atoms with E-state index in [-0.39, 0.29) is 12.1 Å². The lowest BCUT2D eigenvalue weighted by Crippen LogP contribution is -2.47. The van der Waals surface area contributed by atoms with Crippen LogP contribution >= 0.6 is 0 Å². The van der Waals surface area contributed by atoms with E-state index in [4.69, 9.17) is 10.4 Å². The van der Waals surface area contributed by atoms with Gasteiger partial charge in [-0.25, -0.2) is 0 Å². The molecule has 0 rings (SSSR count). The van der Waals surface area contributed by atoms with Crippen molar-refractivity contribution in [2.45, 2.75) is 32.2 Å². The molecule has 0 radical (unpaired) electrons. The van der Waals surface area contributed by atoms with Crippen molar-refractivity contribution in [1.29, 1.82) is 5.26 Å². The van der Waals surface area contributed by atoms with Gasteiger partial charge in [-0.15, -0.1) is 0 Å². The summed E-state index contributed by atoms with van der Waals surface area (Å²) in [5, 5.41) is 20.4. The van der Waals surface area contributed by atoms with Crippen LogP contribution in [0.5, 0.6) is 0 Å². The number of nitriles is 1. The van der Waals surface area contributed by atoms with E-state index >= 15 is 0 Å². The van der Waals surface area contributed by atoms with E-state index in [2.05, 4.69) is 5.32 Å². The third-order valence-corrected chi connectivity index (χ3v) is 2.20. The lowest BCUT2D eigenvalue weighted by Gasteiger charge is -2.29. The molecule has 0 spiro atoms. The fourth-order valence-corrected chi connectivity index (χ4v) is 1.01. The lowest BCUT2D eigenvalue weighted by molar-refractivity contribution is 0.155. The maximum absolute atomic E-state index is 9.03. The van der Waals surface area contributed by atoms with Gasteiger partial charge in [0.1, 0.15) is 0 Å². The first-order chi connectivity index (χ1) is 5.24. The Balaban J connectivity index is 3.96. The molecule has 0 atom stereocenters. The summed E-state index contributed by atoms with van der Waals surface area (Å²) in [4.78, 5) is 0. The number of nitrogens with one attached hydrogen (secondary N) is 1. The zero-order chi connectivity index (χ0) is 8.74. The van der Waals surface area contributed by atoms with Crippen molar-refractivity contribution in [3.8, 4) is 6.07 Å². The average Bonchev–Trinajstić information content (AvgIpc) is 2.08. The summed E-state index contributed by atoms with van der Waals surface area (Å²) in [6, 6.07) is 2.00. The van der Waals surface area contributed by atoms with Gasteiger partial charge in [0.05, 0.1) is 19.2 Å². The van der Waals surface area contributed by atoms with E-state index in [1.54, 1.807) is 0 Å². The van der Waals surface area contributed by atoms with Crippen LogP contribution in [0.1, 0.15) is 26.7 Å². The van der Waals surface area contributed by atoms with Crippen LogP contribution in [0, 0.1) is 11.3 Å². The predicted octanol–water partition coefficient (Wildman–Crippen LogP) is 0.651. The van der Waals surface area contributed by atoms with Gasteiger partial charge < -0.3 is 5.11 Å². The highest BCUT2D eigenvalue weighted by atomic mass is 16.3. The van der Waals surface area contributed by atoms with E-state index in [0.29, 0.717) is 6.54 Å². The molecule has 0 aliphatic carbocycles. The van der Waals surface area contributed by atoms with Crippen LogP contribution in [0.25, 0.3) is 0 Å². The van der Waals surface area contributed by atoms with Gasteiger partial charge in [-0.05, 0) is 12.8 Å². The van der Waals surface area contributed by atoms with E-state index in [0.717, 1.165) is 12.8 Å². The second-order valence-electron chi connectivity index (χ2n) is 2.66. The normalized spacial score (nSPS) is 11.1. The molecular formula is C8H16N2O. The number of hydrogen-bond donors (Lipinski definition) is 2. The molecule has 0 unspecified atom stereocenters. The minimum Gasteiger partial charge on any atom is -0.394 e. The standard InChI is InChI=1S/C8H16N2O/c1-3-8(4-2,7-11)10-6-5-9/h10-11H,3-4,6-7H2,1-2H3. The molecular weight excluding hydrogens is 140 g/mol. The summed E-state index contributed by atoms with van der Waals surface area (Å²) in [6.07, 6.45) is 1.70. The van der Waals surface area contributed by atoms with Gasteiger partial charge in [0.2, 0.25) is 0 Å². The SMILES string of the molecule is CCC(CC)(CO)NCC#N. The van der Waals surface area contributed by atoms with Crippen molar-refractivity contribution in [2.75, 3.05) is 13.2 Å². The molecule has 0 saturated carbocycles. The van der Waals surface area contributed by atoms with Crippen LogP contribution in [-0.2, 0) is 0 Å². The molecule has 0 heterocycles. The number of aliphatic hydroxyl groups is 1. The van der Waals surface area contributed by atoms with Crippen LogP contribution in [0.3, 0.4) is 0 Å². The van der Waals surface area contributed by atoms with Gasteiger partial charge in [-0.2, -0.15) is 5.26 Å². The Hall–Kier alpha value is -0.590. The molecule has 0 fully saturated rings. The fourth-order valence-electron chi connectivity index (χ4n) is 1.01. The minimum absolute atomic E-state index is 0.0989. The molecule has 0 aromatic carbocycles. The zero-order valence-electron chi connectivity index (χ0n) is 7.22. The van der Waals surface area contributed by atoms with Gasteiger partial charge >= 0.3 is 0 Å². The Morgan fingerprint density at radius 1 is 1.45 bits per heavy atom. The first kappa shape index (κ1) is 10.4. The monoisotopic (exact) mass is 156 g/mol. The molecule has 64 valence electrons. The largest absolute Gasteiger partial charge is 0.394 e. The predicted molar refractivity (Wildman–Crippen MR) is 44.0 cm³/mol. The second-order valence-corrected chi connectivity index (χ2v) is 2.66. The first-order valence-electron chi connectivity index (χ1n) is 3.97. The molecule has 0 aliphatic heterocycles. The summed E-state index contributed by atoms with van der Waals surface area (Å²) in [7, 11) is 0. The first-order valence-corrected chi connectivity index (χ1v) is 3.97. The topological polar surface area (TPSA) is 56.0 Å². The highest BCUT2D eigenvalue weighted by molar-refractivity contribution is 4.88. The number of aliphatic hydroxyl groups excluding tert-OH is 1. The Morgan fingerprint density at radius 2 is 2.00 bits per heavy atom. The Morgan fingerprint density at radius 3 is 2.27 bits per heavy atom. The summed E-state index contributed by atoms with van der Waals surface area (Å²) in [5.41, 5.74) is -0.240. The van der Waals surface area contributed by atoms with Gasteiger partial charge in [0.15, 0.2) is 0 Å². The third kappa shape index (κ3) is 2.87. The molecule has 0 aromatic rings. The molecule has 11 heavy (non-hydrogen) atoms. The molecule has 3 heteroatoms. The van der Waals surface area contributed by atoms with Crippen LogP contribution in [-0.4, -0.2) is 23.8 Å². The van der Waals surface area contributed by atoms with E-state index < -0.39 is 0 Å². The van der Waals surface area contributed by atoms with Gasteiger partial charge in [-0.3, -0.25) is 5.32 Å². The molecule has 0 bridgehead atoms. The zero-order valence-corrected chi connectivity index (χ0v) is 7.22. The van der Waals surface area contributed by atoms with Crippen LogP contribution in [0.2, 0.25) is 0 Å². The quantitative estimate of drug-likeness (QED) is 0.575. The molecule has 0 aliphatic rings. The summed E-state index contributed by atoms with van der Waals surface area (Å²) in [6.45, 7) is 4.41. The van der Waals surface area contributed by atoms with Crippen molar-refractivity contribution in [3.63, 3.8) is 0 Å². The van der Waals surface area contributed by atoms with Crippen molar-refractivity contribution in [2.24, 2.45) is 0 Å². The Labute approximate surface area is 68.0 Å².